The van der Waals surface area contributed by atoms with Crippen LogP contribution in [0.25, 0.3) is 76.8 Å². The summed E-state index contributed by atoms with van der Waals surface area (Å²) in [6, 6.07) is 65.2. The Bertz CT molecular complexity index is 2600. The summed E-state index contributed by atoms with van der Waals surface area (Å²) in [6.07, 6.45) is 0. The summed E-state index contributed by atoms with van der Waals surface area (Å²) in [5.74, 6) is 0. The van der Waals surface area contributed by atoms with E-state index in [-0.39, 0.29) is 6.71 Å². The van der Waals surface area contributed by atoms with Crippen LogP contribution >= 0.6 is 0 Å². The summed E-state index contributed by atoms with van der Waals surface area (Å²) in [6.45, 7) is 0.149. The van der Waals surface area contributed by atoms with Gasteiger partial charge in [-0.05, 0) is 82.9 Å². The Kier molecular flexibility index (Phi) is 5.77. The monoisotopic (exact) mass is 592 g/mol. The molecule has 0 bridgehead atoms. The van der Waals surface area contributed by atoms with Gasteiger partial charge in [-0.3, -0.25) is 0 Å². The van der Waals surface area contributed by atoms with Crippen LogP contribution in [0.1, 0.15) is 0 Å². The molecule has 0 atom stereocenters. The molecule has 9 aromatic carbocycles. The van der Waals surface area contributed by atoms with Crippen molar-refractivity contribution in [2.75, 3.05) is 0 Å². The molecule has 1 aliphatic heterocycles. The quantitative estimate of drug-likeness (QED) is 0.141. The second-order valence-electron chi connectivity index (χ2n) is 12.8. The van der Waals surface area contributed by atoms with E-state index in [4.69, 9.17) is 0 Å². The molecule has 0 aliphatic carbocycles. The number of hydrogen-bond donors (Lipinski definition) is 0. The van der Waals surface area contributed by atoms with Crippen molar-refractivity contribution in [2.24, 2.45) is 0 Å². The van der Waals surface area contributed by atoms with Crippen molar-refractivity contribution in [1.29, 1.82) is 0 Å². The molecule has 0 nitrogen and oxygen atoms in total. The molecule has 0 saturated heterocycles. The van der Waals surface area contributed by atoms with Crippen molar-refractivity contribution < 1.29 is 0 Å². The molecule has 0 aromatic heterocycles. The van der Waals surface area contributed by atoms with Crippen molar-refractivity contribution in [3.05, 3.63) is 176 Å². The highest BCUT2D eigenvalue weighted by Gasteiger charge is 2.33. The zero-order valence-electron chi connectivity index (χ0n) is 25.8. The first-order valence-electron chi connectivity index (χ1n) is 16.5. The number of hydrogen-bond acceptors (Lipinski definition) is 0. The molecular formula is C46H29B. The lowest BCUT2D eigenvalue weighted by atomic mass is 9.33. The van der Waals surface area contributed by atoms with E-state index in [1.54, 1.807) is 0 Å². The van der Waals surface area contributed by atoms with E-state index in [9.17, 15) is 0 Å². The lowest BCUT2D eigenvalue weighted by Crippen LogP contribution is -2.54. The van der Waals surface area contributed by atoms with E-state index in [0.29, 0.717) is 0 Å². The van der Waals surface area contributed by atoms with Gasteiger partial charge in [-0.2, -0.15) is 0 Å². The zero-order chi connectivity index (χ0) is 30.9. The van der Waals surface area contributed by atoms with E-state index < -0.39 is 0 Å². The third kappa shape index (κ3) is 3.90. The normalized spacial score (nSPS) is 12.2. The van der Waals surface area contributed by atoms with Crippen LogP contribution in [0.2, 0.25) is 0 Å². The standard InChI is InChI=1S/C46H29B/c1-4-14-30(15-5-1)34-20-10-11-21-35(34)40-28-39(31-16-6-2-7-17-31)41-29-43-46-37(26-24-32-25-27-38(40)45(41)44(32)46)36-22-12-13-23-42(36)47(43)33-18-8-3-9-19-33/h1-29H. The van der Waals surface area contributed by atoms with Gasteiger partial charge in [-0.15, -0.1) is 0 Å². The molecule has 0 saturated carbocycles. The largest absolute Gasteiger partial charge is 0.242 e. The fourth-order valence-corrected chi connectivity index (χ4v) is 8.32. The summed E-state index contributed by atoms with van der Waals surface area (Å²) in [7, 11) is 0. The Morgan fingerprint density at radius 3 is 1.64 bits per heavy atom. The third-order valence-electron chi connectivity index (χ3n) is 10.3. The third-order valence-corrected chi connectivity index (χ3v) is 10.3. The zero-order valence-corrected chi connectivity index (χ0v) is 25.8. The van der Waals surface area contributed by atoms with Crippen molar-refractivity contribution in [3.8, 4) is 44.5 Å². The van der Waals surface area contributed by atoms with Gasteiger partial charge in [0.05, 0.1) is 0 Å². The first-order valence-corrected chi connectivity index (χ1v) is 16.5. The Hall–Kier alpha value is -5.92. The Balaban J connectivity index is 1.40. The maximum atomic E-state index is 2.54. The van der Waals surface area contributed by atoms with Crippen molar-refractivity contribution >= 4 is 55.4 Å². The highest BCUT2D eigenvalue weighted by atomic mass is 14.3. The molecule has 0 unspecified atom stereocenters. The summed E-state index contributed by atoms with van der Waals surface area (Å²) < 4.78 is 0. The smallest absolute Gasteiger partial charge is 0.0686 e. The van der Waals surface area contributed by atoms with Crippen molar-refractivity contribution in [3.63, 3.8) is 0 Å². The SMILES string of the molecule is c1ccc(B2c3ccccc3-c3ccc4ccc5c(-c6ccccc6-c6ccccc6)cc(-c6ccccc6)c6cc2c3c4c65)cc1. The minimum atomic E-state index is 0.149. The Labute approximate surface area is 275 Å². The molecule has 9 aromatic rings. The van der Waals surface area contributed by atoms with E-state index in [0.717, 1.165) is 0 Å². The Morgan fingerprint density at radius 1 is 0.298 bits per heavy atom. The minimum absolute atomic E-state index is 0.149. The fourth-order valence-electron chi connectivity index (χ4n) is 8.32. The first kappa shape index (κ1) is 26.3. The summed E-state index contributed by atoms with van der Waals surface area (Å²) >= 11 is 0. The van der Waals surface area contributed by atoms with Crippen LogP contribution < -0.4 is 16.4 Å². The predicted molar refractivity (Wildman–Crippen MR) is 203 cm³/mol. The minimum Gasteiger partial charge on any atom is -0.0686 e. The highest BCUT2D eigenvalue weighted by Crippen LogP contribution is 2.47. The first-order chi connectivity index (χ1) is 23.3. The molecule has 0 fully saturated rings. The Morgan fingerprint density at radius 2 is 0.894 bits per heavy atom. The van der Waals surface area contributed by atoms with Crippen molar-refractivity contribution in [1.82, 2.24) is 0 Å². The molecule has 0 spiro atoms. The van der Waals surface area contributed by atoms with Gasteiger partial charge in [0, 0.05) is 0 Å². The molecule has 0 N–H and O–H groups in total. The maximum Gasteiger partial charge on any atom is 0.242 e. The van der Waals surface area contributed by atoms with Gasteiger partial charge in [-0.1, -0.05) is 186 Å². The van der Waals surface area contributed by atoms with Crippen LogP contribution in [0.3, 0.4) is 0 Å². The molecule has 0 radical (unpaired) electrons. The average molecular weight is 593 g/mol. The van der Waals surface area contributed by atoms with E-state index in [1.807, 2.05) is 0 Å². The summed E-state index contributed by atoms with van der Waals surface area (Å²) in [5, 5.41) is 8.03. The molecule has 1 heteroatoms. The van der Waals surface area contributed by atoms with Gasteiger partial charge >= 0.3 is 0 Å². The van der Waals surface area contributed by atoms with Gasteiger partial charge in [-0.25, -0.2) is 0 Å². The molecule has 10 rings (SSSR count). The van der Waals surface area contributed by atoms with E-state index >= 15 is 0 Å². The lowest BCUT2D eigenvalue weighted by molar-refractivity contribution is 1.60. The van der Waals surface area contributed by atoms with Crippen LogP contribution in [-0.4, -0.2) is 6.71 Å². The molecule has 1 heterocycles. The predicted octanol–water partition coefficient (Wildman–Crippen LogP) is 10.1. The second kappa shape index (κ2) is 10.3. The van der Waals surface area contributed by atoms with Crippen LogP contribution in [0.5, 0.6) is 0 Å². The number of fused-ring (bicyclic) bond motifs is 2. The highest BCUT2D eigenvalue weighted by molar-refractivity contribution is 6.98. The molecule has 47 heavy (non-hydrogen) atoms. The second-order valence-corrected chi connectivity index (χ2v) is 12.8. The van der Waals surface area contributed by atoms with Gasteiger partial charge in [0.25, 0.3) is 0 Å². The van der Waals surface area contributed by atoms with Gasteiger partial charge in [0.1, 0.15) is 0 Å². The van der Waals surface area contributed by atoms with Gasteiger partial charge in [0.2, 0.25) is 6.71 Å². The summed E-state index contributed by atoms with van der Waals surface area (Å²) in [5.41, 5.74) is 14.3. The van der Waals surface area contributed by atoms with Gasteiger partial charge < -0.3 is 0 Å². The number of benzene rings is 9. The number of rotatable bonds is 4. The molecular weight excluding hydrogens is 563 g/mol. The molecule has 1 aliphatic rings. The van der Waals surface area contributed by atoms with Crippen LogP contribution in [0, 0.1) is 0 Å². The van der Waals surface area contributed by atoms with Gasteiger partial charge in [0.15, 0.2) is 0 Å². The van der Waals surface area contributed by atoms with E-state index in [1.165, 1.54) is 93.2 Å². The maximum absolute atomic E-state index is 2.54. The topological polar surface area (TPSA) is 0 Å². The average Bonchev–Trinajstić information content (AvgIpc) is 3.15. The fraction of sp³-hybridized carbons (Fsp3) is 0. The molecule has 216 valence electrons. The summed E-state index contributed by atoms with van der Waals surface area (Å²) in [4.78, 5) is 0. The van der Waals surface area contributed by atoms with Crippen molar-refractivity contribution in [2.45, 2.75) is 0 Å². The lowest BCUT2D eigenvalue weighted by Gasteiger charge is -2.30. The van der Waals surface area contributed by atoms with Crippen LogP contribution in [0.15, 0.2) is 176 Å². The van der Waals surface area contributed by atoms with E-state index in [2.05, 4.69) is 176 Å². The van der Waals surface area contributed by atoms with Crippen LogP contribution in [0.4, 0.5) is 0 Å². The van der Waals surface area contributed by atoms with Crippen LogP contribution in [-0.2, 0) is 0 Å². The molecule has 0 amide bonds.